The van der Waals surface area contributed by atoms with E-state index < -0.39 is 73.9 Å². The van der Waals surface area contributed by atoms with Gasteiger partial charge in [-0.3, -0.25) is 23.9 Å². The zero-order chi connectivity index (χ0) is 40.0. The predicted molar refractivity (Wildman–Crippen MR) is 201 cm³/mol. The van der Waals surface area contributed by atoms with E-state index in [-0.39, 0.29) is 48.9 Å². The molecule has 0 bridgehead atoms. The van der Waals surface area contributed by atoms with E-state index in [9.17, 15) is 32.0 Å². The van der Waals surface area contributed by atoms with Gasteiger partial charge in [-0.1, -0.05) is 50.9 Å². The standard InChI is InChI=1S/C39H48FN7O8S/c1-5-26-35(43-30-17-24(40)13-14-27(30)41-26)54-25-18-31-33(48)44-39(37(51)46-56(52,53)38(4)15-16-38)20-23(39)11-9-7-6-8-10-12-28(36(50)47(31)21-25)42-34(49)32-19-29(22(2)3)45-55-32/h9,11,13-14,17,19,22-23,25,28,31H,5-8,10,12,15-16,18,20-21H2,1-4H3,(H,42,49)(H,44,48)(H,46,51)/b11-9-/t23?,25-,28+,31+,39-/m1/s1. The summed E-state index contributed by atoms with van der Waals surface area (Å²) in [6.45, 7) is 7.16. The Kier molecular flexibility index (Phi) is 10.7. The Balaban J connectivity index is 1.20. The first kappa shape index (κ1) is 39.3. The molecule has 4 aliphatic rings. The maximum Gasteiger partial charge on any atom is 0.290 e. The number of amides is 4. The summed E-state index contributed by atoms with van der Waals surface area (Å²) in [6, 6.07) is 3.34. The summed E-state index contributed by atoms with van der Waals surface area (Å²) < 4.78 is 53.3. The zero-order valence-electron chi connectivity index (χ0n) is 32.0. The minimum Gasteiger partial charge on any atom is -0.471 e. The second-order valence-corrected chi connectivity index (χ2v) is 18.2. The molecule has 3 fully saturated rings. The highest BCUT2D eigenvalue weighted by atomic mass is 32.2. The number of nitrogens with zero attached hydrogens (tertiary/aromatic N) is 4. The summed E-state index contributed by atoms with van der Waals surface area (Å²) >= 11 is 0. The predicted octanol–water partition coefficient (Wildman–Crippen LogP) is 3.98. The van der Waals surface area contributed by atoms with Crippen molar-refractivity contribution in [2.24, 2.45) is 5.92 Å². The average molecular weight is 794 g/mol. The van der Waals surface area contributed by atoms with Crippen molar-refractivity contribution in [3.8, 4) is 5.88 Å². The summed E-state index contributed by atoms with van der Waals surface area (Å²) in [4.78, 5) is 66.9. The van der Waals surface area contributed by atoms with E-state index in [1.165, 1.54) is 29.2 Å². The molecule has 4 heterocycles. The highest BCUT2D eigenvalue weighted by Gasteiger charge is 2.63. The Labute approximate surface area is 324 Å². The maximum atomic E-state index is 14.6. The summed E-state index contributed by atoms with van der Waals surface area (Å²) in [5, 5.41) is 9.65. The first-order valence-corrected chi connectivity index (χ1v) is 20.9. The summed E-state index contributed by atoms with van der Waals surface area (Å²) in [6.07, 6.45) is 7.38. The van der Waals surface area contributed by atoms with Gasteiger partial charge in [0.25, 0.3) is 11.8 Å². The fourth-order valence-electron chi connectivity index (χ4n) is 7.37. The van der Waals surface area contributed by atoms with Crippen molar-refractivity contribution >= 4 is 44.7 Å². The van der Waals surface area contributed by atoms with Gasteiger partial charge in [-0.2, -0.15) is 0 Å². The van der Waals surface area contributed by atoms with E-state index in [0.717, 1.165) is 12.8 Å². The van der Waals surface area contributed by atoms with Crippen LogP contribution in [0, 0.1) is 11.7 Å². The quantitative estimate of drug-likeness (QED) is 0.265. The van der Waals surface area contributed by atoms with E-state index in [4.69, 9.17) is 9.26 Å². The number of carbonyl (C=O) groups excluding carboxylic acids is 4. The molecule has 2 aromatic heterocycles. The molecule has 5 atom stereocenters. The van der Waals surface area contributed by atoms with Crippen LogP contribution >= 0.6 is 0 Å². The molecular weight excluding hydrogens is 746 g/mol. The van der Waals surface area contributed by atoms with Crippen molar-refractivity contribution in [2.45, 2.75) is 126 Å². The smallest absolute Gasteiger partial charge is 0.290 e. The van der Waals surface area contributed by atoms with Crippen molar-refractivity contribution in [1.29, 1.82) is 0 Å². The lowest BCUT2D eigenvalue weighted by Crippen LogP contribution is -2.58. The maximum absolute atomic E-state index is 14.6. The first-order valence-electron chi connectivity index (χ1n) is 19.4. The van der Waals surface area contributed by atoms with E-state index in [0.29, 0.717) is 49.0 Å². The second kappa shape index (κ2) is 15.2. The van der Waals surface area contributed by atoms with Gasteiger partial charge < -0.3 is 24.8 Å². The number of halogens is 1. The molecule has 0 spiro atoms. The van der Waals surface area contributed by atoms with Crippen LogP contribution in [-0.2, 0) is 30.8 Å². The van der Waals surface area contributed by atoms with Crippen LogP contribution < -0.4 is 20.1 Å². The topological polar surface area (TPSA) is 203 Å². The lowest BCUT2D eigenvalue weighted by Gasteiger charge is -2.29. The normalized spacial score (nSPS) is 27.0. The number of carbonyl (C=O) groups is 4. The van der Waals surface area contributed by atoms with Gasteiger partial charge in [0.2, 0.25) is 33.5 Å². The number of aryl methyl sites for hydroxylation is 1. The van der Waals surface area contributed by atoms with Crippen molar-refractivity contribution < 1.29 is 41.2 Å². The number of aromatic nitrogens is 3. The van der Waals surface area contributed by atoms with Gasteiger partial charge in [0.05, 0.1) is 28.0 Å². The van der Waals surface area contributed by atoms with E-state index >= 15 is 0 Å². The van der Waals surface area contributed by atoms with Crippen LogP contribution in [0.15, 0.2) is 40.9 Å². The highest BCUT2D eigenvalue weighted by Crippen LogP contribution is 2.47. The number of ether oxygens (including phenoxy) is 1. The van der Waals surface area contributed by atoms with E-state index in [1.807, 2.05) is 32.9 Å². The summed E-state index contributed by atoms with van der Waals surface area (Å²) in [5.41, 5.74) is 0.261. The van der Waals surface area contributed by atoms with E-state index in [2.05, 4.69) is 30.5 Å². The SMILES string of the molecule is CCc1nc2ccc(F)cc2nc1O[C@@H]1C[C@H]2C(=O)N[C@]3(C(=O)NS(=O)(=O)C4(C)CC4)CC3/C=C\CCCCC[C@H](NC(=O)c3cc(C(C)C)no3)C(=O)N2C1. The van der Waals surface area contributed by atoms with Crippen LogP contribution in [0.2, 0.25) is 0 Å². The molecule has 1 unspecified atom stereocenters. The minimum absolute atomic E-state index is 0.00288. The minimum atomic E-state index is -4.02. The molecule has 1 aromatic carbocycles. The number of nitrogens with one attached hydrogen (secondary N) is 3. The van der Waals surface area contributed by atoms with Crippen molar-refractivity contribution in [3.05, 3.63) is 59.4 Å². The molecule has 7 rings (SSSR count). The van der Waals surface area contributed by atoms with Crippen LogP contribution in [-0.4, -0.2) is 87.1 Å². The molecule has 300 valence electrons. The molecule has 3 N–H and O–H groups in total. The molecule has 1 saturated heterocycles. The third kappa shape index (κ3) is 7.86. The first-order chi connectivity index (χ1) is 26.6. The van der Waals surface area contributed by atoms with Gasteiger partial charge in [-0.05, 0) is 69.9 Å². The zero-order valence-corrected chi connectivity index (χ0v) is 32.8. The van der Waals surface area contributed by atoms with Gasteiger partial charge in [0.15, 0.2) is 0 Å². The van der Waals surface area contributed by atoms with Gasteiger partial charge in [0.1, 0.15) is 35.2 Å². The van der Waals surface area contributed by atoms with Crippen LogP contribution in [0.3, 0.4) is 0 Å². The number of hydrogen-bond donors (Lipinski definition) is 3. The van der Waals surface area contributed by atoms with Gasteiger partial charge in [-0.15, -0.1) is 0 Å². The largest absolute Gasteiger partial charge is 0.471 e. The summed E-state index contributed by atoms with van der Waals surface area (Å²) in [7, 11) is -4.02. The van der Waals surface area contributed by atoms with E-state index in [1.54, 1.807) is 6.92 Å². The number of hydrogen-bond acceptors (Lipinski definition) is 11. The van der Waals surface area contributed by atoms with Crippen LogP contribution in [0.4, 0.5) is 4.39 Å². The Hall–Kier alpha value is -4.93. The number of sulfonamides is 1. The van der Waals surface area contributed by atoms with Crippen LogP contribution in [0.25, 0.3) is 11.0 Å². The van der Waals surface area contributed by atoms with Crippen molar-refractivity contribution in [2.75, 3.05) is 6.54 Å². The molecule has 4 amide bonds. The number of rotatable bonds is 9. The third-order valence-corrected chi connectivity index (χ3v) is 13.6. The molecule has 0 radical (unpaired) electrons. The van der Waals surface area contributed by atoms with Gasteiger partial charge in [-0.25, -0.2) is 22.8 Å². The van der Waals surface area contributed by atoms with Crippen molar-refractivity contribution in [1.82, 2.24) is 35.4 Å². The number of benzene rings is 1. The van der Waals surface area contributed by atoms with Crippen LogP contribution in [0.1, 0.15) is 113 Å². The molecule has 2 saturated carbocycles. The number of fused-ring (bicyclic) bond motifs is 3. The van der Waals surface area contributed by atoms with Crippen molar-refractivity contribution in [3.63, 3.8) is 0 Å². The fraction of sp³-hybridized carbons (Fsp3) is 0.564. The Bertz CT molecular complexity index is 2190. The average Bonchev–Trinajstić information content (AvgIpc) is 3.92. The molecule has 56 heavy (non-hydrogen) atoms. The molecule has 15 nitrogen and oxygen atoms in total. The van der Waals surface area contributed by atoms with Crippen LogP contribution in [0.5, 0.6) is 5.88 Å². The molecule has 17 heteroatoms. The Morgan fingerprint density at radius 2 is 1.91 bits per heavy atom. The molecule has 2 aliphatic carbocycles. The number of allylic oxidation sites excluding steroid dienone is 1. The molecule has 3 aromatic rings. The Morgan fingerprint density at radius 3 is 2.62 bits per heavy atom. The van der Waals surface area contributed by atoms with Gasteiger partial charge in [0, 0.05) is 24.5 Å². The fourth-order valence-corrected chi connectivity index (χ4v) is 8.69. The summed E-state index contributed by atoms with van der Waals surface area (Å²) in [5.74, 6) is -3.58. The monoisotopic (exact) mass is 793 g/mol. The third-order valence-electron chi connectivity index (χ3n) is 11.4. The molecular formula is C39H48FN7O8S. The lowest BCUT2D eigenvalue weighted by molar-refractivity contribution is -0.141. The second-order valence-electron chi connectivity index (χ2n) is 16.0. The highest BCUT2D eigenvalue weighted by molar-refractivity contribution is 7.91. The van der Waals surface area contributed by atoms with Gasteiger partial charge >= 0.3 is 0 Å². The lowest BCUT2D eigenvalue weighted by atomic mass is 10.0. The Morgan fingerprint density at radius 1 is 1.12 bits per heavy atom. The molecule has 2 aliphatic heterocycles.